The molecule has 5 nitrogen and oxygen atoms in total. The van der Waals surface area contributed by atoms with Gasteiger partial charge in [0.15, 0.2) is 9.84 Å². The molecule has 1 saturated heterocycles. The molecule has 1 aromatic carbocycles. The zero-order valence-corrected chi connectivity index (χ0v) is 15.1. The molecule has 1 aromatic heterocycles. The van der Waals surface area contributed by atoms with Gasteiger partial charge in [-0.15, -0.1) is 0 Å². The average Bonchev–Trinajstić information content (AvgIpc) is 2.95. The van der Waals surface area contributed by atoms with Crippen molar-refractivity contribution in [1.82, 2.24) is 4.98 Å². The number of hydrogen-bond acceptors (Lipinski definition) is 5. The van der Waals surface area contributed by atoms with E-state index in [4.69, 9.17) is 0 Å². The van der Waals surface area contributed by atoms with Crippen LogP contribution in [-0.2, 0) is 9.84 Å². The second-order valence-corrected chi connectivity index (χ2v) is 8.49. The Morgan fingerprint density at radius 3 is 2.78 bits per heavy atom. The first kappa shape index (κ1) is 16.3. The number of pyridine rings is 1. The molecule has 7 heteroatoms. The Balaban J connectivity index is 1.76. The zero-order chi connectivity index (χ0) is 16.4. The molecule has 1 unspecified atom stereocenters. The van der Waals surface area contributed by atoms with Crippen LogP contribution in [0.2, 0.25) is 0 Å². The van der Waals surface area contributed by atoms with Gasteiger partial charge in [-0.2, -0.15) is 0 Å². The number of nitrogens with zero attached hydrogens (tertiary/aromatic N) is 2. The maximum absolute atomic E-state index is 11.9. The van der Waals surface area contributed by atoms with Gasteiger partial charge in [-0.25, -0.2) is 13.4 Å². The highest BCUT2D eigenvalue weighted by atomic mass is 79.9. The summed E-state index contributed by atoms with van der Waals surface area (Å²) >= 11 is 3.58. The standard InChI is InChI=1S/C16H18BrN3O2S/c1-23(21,22)15-7-4-9-18-16(15)19-12-8-10-20(11-12)14-6-3-2-5-13(14)17/h2-7,9,12H,8,10-11H2,1H3,(H,18,19). The molecule has 1 N–H and O–H groups in total. The van der Waals surface area contributed by atoms with E-state index < -0.39 is 9.84 Å². The molecule has 1 atom stereocenters. The van der Waals surface area contributed by atoms with Gasteiger partial charge in [-0.05, 0) is 46.6 Å². The summed E-state index contributed by atoms with van der Waals surface area (Å²) in [5.74, 6) is 0.439. The van der Waals surface area contributed by atoms with E-state index in [0.717, 1.165) is 29.7 Å². The third-order valence-electron chi connectivity index (χ3n) is 3.89. The van der Waals surface area contributed by atoms with Crippen LogP contribution in [0.5, 0.6) is 0 Å². The minimum Gasteiger partial charge on any atom is -0.368 e. The third-order valence-corrected chi connectivity index (χ3v) is 5.69. The lowest BCUT2D eigenvalue weighted by atomic mass is 10.2. The van der Waals surface area contributed by atoms with Crippen LogP contribution in [-0.4, -0.2) is 38.8 Å². The Morgan fingerprint density at radius 1 is 1.26 bits per heavy atom. The maximum atomic E-state index is 11.9. The van der Waals surface area contributed by atoms with Crippen molar-refractivity contribution < 1.29 is 8.42 Å². The van der Waals surface area contributed by atoms with Crippen molar-refractivity contribution in [3.8, 4) is 0 Å². The minimum atomic E-state index is -3.29. The fourth-order valence-corrected chi connectivity index (χ4v) is 4.12. The monoisotopic (exact) mass is 395 g/mol. The molecular formula is C16H18BrN3O2S. The molecule has 0 saturated carbocycles. The first-order valence-electron chi connectivity index (χ1n) is 7.36. The third kappa shape index (κ3) is 3.67. The summed E-state index contributed by atoms with van der Waals surface area (Å²) in [5.41, 5.74) is 1.15. The Kier molecular flexibility index (Phi) is 4.59. The highest BCUT2D eigenvalue weighted by Crippen LogP contribution is 2.30. The number of halogens is 1. The minimum absolute atomic E-state index is 0.164. The van der Waals surface area contributed by atoms with Gasteiger partial charge >= 0.3 is 0 Å². The maximum Gasteiger partial charge on any atom is 0.179 e. The van der Waals surface area contributed by atoms with Crippen molar-refractivity contribution in [1.29, 1.82) is 0 Å². The molecule has 1 fully saturated rings. The first-order valence-corrected chi connectivity index (χ1v) is 10.0. The highest BCUT2D eigenvalue weighted by molar-refractivity contribution is 9.10. The normalized spacial score (nSPS) is 18.2. The summed E-state index contributed by atoms with van der Waals surface area (Å²) in [6, 6.07) is 11.5. The quantitative estimate of drug-likeness (QED) is 0.861. The summed E-state index contributed by atoms with van der Waals surface area (Å²) in [4.78, 5) is 6.74. The lowest BCUT2D eigenvalue weighted by Gasteiger charge is -2.21. The molecule has 2 aromatic rings. The molecular weight excluding hydrogens is 378 g/mol. The van der Waals surface area contributed by atoms with Crippen LogP contribution in [0, 0.1) is 0 Å². The number of benzene rings is 1. The van der Waals surface area contributed by atoms with Crippen LogP contribution in [0.1, 0.15) is 6.42 Å². The second kappa shape index (κ2) is 6.49. The number of rotatable bonds is 4. The van der Waals surface area contributed by atoms with Gasteiger partial charge in [0.1, 0.15) is 10.7 Å². The van der Waals surface area contributed by atoms with Crippen LogP contribution in [0.4, 0.5) is 11.5 Å². The van der Waals surface area contributed by atoms with Crippen LogP contribution in [0.3, 0.4) is 0 Å². The van der Waals surface area contributed by atoms with Crippen molar-refractivity contribution in [2.24, 2.45) is 0 Å². The Bertz CT molecular complexity index is 810. The van der Waals surface area contributed by atoms with Gasteiger partial charge in [0.05, 0.1) is 5.69 Å². The average molecular weight is 396 g/mol. The van der Waals surface area contributed by atoms with E-state index in [0.29, 0.717) is 5.82 Å². The van der Waals surface area contributed by atoms with E-state index in [1.165, 1.54) is 6.26 Å². The Morgan fingerprint density at radius 2 is 2.04 bits per heavy atom. The van der Waals surface area contributed by atoms with Crippen molar-refractivity contribution >= 4 is 37.3 Å². The van der Waals surface area contributed by atoms with Crippen LogP contribution in [0.15, 0.2) is 52.0 Å². The summed E-state index contributed by atoms with van der Waals surface area (Å²) in [6.45, 7) is 1.73. The highest BCUT2D eigenvalue weighted by Gasteiger charge is 2.25. The molecule has 0 spiro atoms. The number of anilines is 2. The number of sulfone groups is 1. The topological polar surface area (TPSA) is 62.3 Å². The molecule has 0 radical (unpaired) electrons. The van der Waals surface area contributed by atoms with Crippen LogP contribution in [0.25, 0.3) is 0 Å². The molecule has 3 rings (SSSR count). The fraction of sp³-hybridized carbons (Fsp3) is 0.312. The van der Waals surface area contributed by atoms with Crippen molar-refractivity contribution in [3.05, 3.63) is 47.1 Å². The first-order chi connectivity index (χ1) is 10.9. The van der Waals surface area contributed by atoms with Crippen molar-refractivity contribution in [3.63, 3.8) is 0 Å². The van der Waals surface area contributed by atoms with Crippen LogP contribution >= 0.6 is 15.9 Å². The van der Waals surface area contributed by atoms with Gasteiger partial charge < -0.3 is 10.2 Å². The smallest absolute Gasteiger partial charge is 0.179 e. The van der Waals surface area contributed by atoms with Gasteiger partial charge in [0, 0.05) is 36.1 Å². The molecule has 0 aliphatic carbocycles. The van der Waals surface area contributed by atoms with E-state index in [9.17, 15) is 8.42 Å². The molecule has 1 aliphatic heterocycles. The predicted molar refractivity (Wildman–Crippen MR) is 95.7 cm³/mol. The number of hydrogen-bond donors (Lipinski definition) is 1. The van der Waals surface area contributed by atoms with E-state index in [1.54, 1.807) is 18.3 Å². The second-order valence-electron chi connectivity index (χ2n) is 5.65. The molecule has 0 bridgehead atoms. The van der Waals surface area contributed by atoms with E-state index in [2.05, 4.69) is 37.2 Å². The van der Waals surface area contributed by atoms with E-state index in [1.807, 2.05) is 18.2 Å². The Labute approximate surface area is 144 Å². The Hall–Kier alpha value is -1.60. The summed E-state index contributed by atoms with van der Waals surface area (Å²) < 4.78 is 24.8. The summed E-state index contributed by atoms with van der Waals surface area (Å²) in [6.07, 6.45) is 3.75. The fourth-order valence-electron chi connectivity index (χ4n) is 2.80. The van der Waals surface area contributed by atoms with E-state index in [-0.39, 0.29) is 10.9 Å². The molecule has 2 heterocycles. The molecule has 1 aliphatic rings. The van der Waals surface area contributed by atoms with Gasteiger partial charge in [0.25, 0.3) is 0 Å². The molecule has 122 valence electrons. The summed E-state index contributed by atoms with van der Waals surface area (Å²) in [7, 11) is -3.29. The zero-order valence-electron chi connectivity index (χ0n) is 12.7. The SMILES string of the molecule is CS(=O)(=O)c1cccnc1NC1CCN(c2ccccc2Br)C1. The van der Waals surface area contributed by atoms with Gasteiger partial charge in [-0.1, -0.05) is 12.1 Å². The van der Waals surface area contributed by atoms with Gasteiger partial charge in [0.2, 0.25) is 0 Å². The lowest BCUT2D eigenvalue weighted by molar-refractivity contribution is 0.601. The van der Waals surface area contributed by atoms with Crippen molar-refractivity contribution in [2.45, 2.75) is 17.4 Å². The predicted octanol–water partition coefficient (Wildman–Crippen LogP) is 2.94. The van der Waals surface area contributed by atoms with Crippen LogP contribution < -0.4 is 10.2 Å². The number of nitrogens with one attached hydrogen (secondary N) is 1. The van der Waals surface area contributed by atoms with Crippen molar-refractivity contribution in [2.75, 3.05) is 29.6 Å². The number of aromatic nitrogens is 1. The largest absolute Gasteiger partial charge is 0.368 e. The number of para-hydroxylation sites is 1. The lowest BCUT2D eigenvalue weighted by Crippen LogP contribution is -2.27. The van der Waals surface area contributed by atoms with E-state index >= 15 is 0 Å². The molecule has 23 heavy (non-hydrogen) atoms. The summed E-state index contributed by atoms with van der Waals surface area (Å²) in [5, 5.41) is 3.29. The van der Waals surface area contributed by atoms with Gasteiger partial charge in [-0.3, -0.25) is 0 Å². The molecule has 0 amide bonds.